The summed E-state index contributed by atoms with van der Waals surface area (Å²) in [5.74, 6) is -0.490. The number of carbonyl (C=O) groups is 1. The molecule has 0 aliphatic carbocycles. The number of urea groups is 1. The van der Waals surface area contributed by atoms with Gasteiger partial charge in [0.15, 0.2) is 6.10 Å². The number of hydrogen-bond donors (Lipinski definition) is 1. The molecule has 0 aromatic heterocycles. The largest absolute Gasteiger partial charge is 0.360 e. The van der Waals surface area contributed by atoms with Crippen LogP contribution in [-0.2, 0) is 4.74 Å². The number of halogens is 1. The van der Waals surface area contributed by atoms with E-state index in [9.17, 15) is 9.18 Å². The number of benzene rings is 1. The Bertz CT molecular complexity index is 486. The Morgan fingerprint density at radius 2 is 2.33 bits per heavy atom. The Labute approximate surface area is 104 Å². The van der Waals surface area contributed by atoms with Crippen molar-refractivity contribution in [2.24, 2.45) is 0 Å². The summed E-state index contributed by atoms with van der Waals surface area (Å²) >= 11 is 0. The number of amides is 2. The molecule has 18 heavy (non-hydrogen) atoms. The average Bonchev–Trinajstić information content (AvgIpc) is 2.41. The second-order valence-corrected chi connectivity index (χ2v) is 3.84. The van der Waals surface area contributed by atoms with Gasteiger partial charge in [-0.05, 0) is 12.1 Å². The van der Waals surface area contributed by atoms with Gasteiger partial charge in [0.2, 0.25) is 0 Å². The molecule has 1 heterocycles. The minimum atomic E-state index is -0.620. The smallest absolute Gasteiger partial charge is 0.322 e. The van der Waals surface area contributed by atoms with Gasteiger partial charge in [-0.3, -0.25) is 0 Å². The highest BCUT2D eigenvalue weighted by Gasteiger charge is 2.24. The third-order valence-corrected chi connectivity index (χ3v) is 2.61. The van der Waals surface area contributed by atoms with Gasteiger partial charge in [-0.15, -0.1) is 0 Å². The lowest BCUT2D eigenvalue weighted by Crippen LogP contribution is -2.47. The molecule has 1 aliphatic heterocycles. The molecular formula is C12H12FN3O2. The van der Waals surface area contributed by atoms with E-state index in [1.807, 2.05) is 6.07 Å². The zero-order chi connectivity index (χ0) is 13.0. The van der Waals surface area contributed by atoms with Crippen molar-refractivity contribution < 1.29 is 13.9 Å². The van der Waals surface area contributed by atoms with Gasteiger partial charge in [-0.1, -0.05) is 12.1 Å². The van der Waals surface area contributed by atoms with E-state index in [4.69, 9.17) is 10.00 Å². The topological polar surface area (TPSA) is 65.4 Å². The van der Waals surface area contributed by atoms with Crippen LogP contribution in [0.5, 0.6) is 0 Å². The van der Waals surface area contributed by atoms with E-state index in [0.29, 0.717) is 13.2 Å². The van der Waals surface area contributed by atoms with Gasteiger partial charge >= 0.3 is 6.03 Å². The molecule has 1 saturated heterocycles. The Hall–Kier alpha value is -2.13. The standard InChI is InChI=1S/C12H12FN3O2/c13-10-3-1-2-4-11(10)15-12(17)16-5-6-18-9(7-14)8-16/h1-4,9H,5-6,8H2,(H,15,17). The third-order valence-electron chi connectivity index (χ3n) is 2.61. The number of nitriles is 1. The lowest BCUT2D eigenvalue weighted by atomic mass is 10.3. The van der Waals surface area contributed by atoms with Crippen LogP contribution in [0.15, 0.2) is 24.3 Å². The van der Waals surface area contributed by atoms with E-state index in [0.717, 1.165) is 0 Å². The highest BCUT2D eigenvalue weighted by atomic mass is 19.1. The van der Waals surface area contributed by atoms with Crippen LogP contribution in [0.4, 0.5) is 14.9 Å². The first-order valence-electron chi connectivity index (χ1n) is 5.52. The molecule has 0 radical (unpaired) electrons. The van der Waals surface area contributed by atoms with E-state index in [1.165, 1.54) is 17.0 Å². The van der Waals surface area contributed by atoms with Gasteiger partial charge in [0, 0.05) is 6.54 Å². The van der Waals surface area contributed by atoms with Crippen LogP contribution in [0.2, 0.25) is 0 Å². The lowest BCUT2D eigenvalue weighted by molar-refractivity contribution is 0.0181. The molecule has 2 amide bonds. The molecule has 1 fully saturated rings. The van der Waals surface area contributed by atoms with E-state index in [-0.39, 0.29) is 12.2 Å². The number of para-hydroxylation sites is 1. The van der Waals surface area contributed by atoms with Gasteiger partial charge in [-0.2, -0.15) is 5.26 Å². The number of rotatable bonds is 1. The molecular weight excluding hydrogens is 237 g/mol. The SMILES string of the molecule is N#CC1CN(C(=O)Nc2ccccc2F)CCO1. The Morgan fingerprint density at radius 3 is 3.06 bits per heavy atom. The predicted molar refractivity (Wildman–Crippen MR) is 62.3 cm³/mol. The van der Waals surface area contributed by atoms with Crippen molar-refractivity contribution in [3.05, 3.63) is 30.1 Å². The van der Waals surface area contributed by atoms with Crippen molar-refractivity contribution in [2.45, 2.75) is 6.10 Å². The fourth-order valence-corrected chi connectivity index (χ4v) is 1.67. The molecule has 1 aromatic carbocycles. The Morgan fingerprint density at radius 1 is 1.56 bits per heavy atom. The first kappa shape index (κ1) is 12.3. The third kappa shape index (κ3) is 2.76. The van der Waals surface area contributed by atoms with Gasteiger partial charge in [-0.25, -0.2) is 9.18 Å². The fourth-order valence-electron chi connectivity index (χ4n) is 1.67. The molecule has 0 bridgehead atoms. The highest BCUT2D eigenvalue weighted by Crippen LogP contribution is 2.14. The monoisotopic (exact) mass is 249 g/mol. The number of carbonyl (C=O) groups excluding carboxylic acids is 1. The van der Waals surface area contributed by atoms with Crippen LogP contribution >= 0.6 is 0 Å². The molecule has 1 N–H and O–H groups in total. The van der Waals surface area contributed by atoms with Crippen LogP contribution in [-0.4, -0.2) is 36.7 Å². The van der Waals surface area contributed by atoms with E-state index < -0.39 is 18.0 Å². The van der Waals surface area contributed by atoms with Gasteiger partial charge in [0.25, 0.3) is 0 Å². The predicted octanol–water partition coefficient (Wildman–Crippen LogP) is 1.58. The number of ether oxygens (including phenoxy) is 1. The second-order valence-electron chi connectivity index (χ2n) is 3.84. The highest BCUT2D eigenvalue weighted by molar-refractivity contribution is 5.89. The van der Waals surface area contributed by atoms with Crippen molar-refractivity contribution in [1.29, 1.82) is 5.26 Å². The van der Waals surface area contributed by atoms with E-state index >= 15 is 0 Å². The molecule has 1 unspecified atom stereocenters. The molecule has 0 spiro atoms. The normalized spacial score (nSPS) is 19.1. The maximum atomic E-state index is 13.3. The Kier molecular flexibility index (Phi) is 3.75. The van der Waals surface area contributed by atoms with Crippen molar-refractivity contribution >= 4 is 11.7 Å². The molecule has 6 heteroatoms. The van der Waals surface area contributed by atoms with Crippen molar-refractivity contribution in [3.63, 3.8) is 0 Å². The first-order valence-corrected chi connectivity index (χ1v) is 5.52. The number of nitrogens with zero attached hydrogens (tertiary/aromatic N) is 2. The average molecular weight is 249 g/mol. The fraction of sp³-hybridized carbons (Fsp3) is 0.333. The molecule has 5 nitrogen and oxygen atoms in total. The number of anilines is 1. The van der Waals surface area contributed by atoms with Crippen molar-refractivity contribution in [2.75, 3.05) is 25.0 Å². The number of hydrogen-bond acceptors (Lipinski definition) is 3. The lowest BCUT2D eigenvalue weighted by Gasteiger charge is -2.29. The minimum absolute atomic E-state index is 0.127. The summed E-state index contributed by atoms with van der Waals surface area (Å²) in [6, 6.07) is 7.45. The molecule has 0 saturated carbocycles. The summed E-state index contributed by atoms with van der Waals surface area (Å²) in [4.78, 5) is 13.3. The maximum Gasteiger partial charge on any atom is 0.322 e. The molecule has 94 valence electrons. The molecule has 1 aromatic rings. The zero-order valence-corrected chi connectivity index (χ0v) is 9.60. The van der Waals surface area contributed by atoms with Crippen molar-refractivity contribution in [3.8, 4) is 6.07 Å². The van der Waals surface area contributed by atoms with Crippen LogP contribution in [0.1, 0.15) is 0 Å². The molecule has 1 atom stereocenters. The first-order chi connectivity index (χ1) is 8.70. The summed E-state index contributed by atoms with van der Waals surface area (Å²) in [7, 11) is 0. The maximum absolute atomic E-state index is 13.3. The summed E-state index contributed by atoms with van der Waals surface area (Å²) in [5.41, 5.74) is 0.127. The van der Waals surface area contributed by atoms with E-state index in [1.54, 1.807) is 12.1 Å². The van der Waals surface area contributed by atoms with Gasteiger partial charge in [0.1, 0.15) is 5.82 Å². The Balaban J connectivity index is 2.00. The molecule has 2 rings (SSSR count). The van der Waals surface area contributed by atoms with Crippen molar-refractivity contribution in [1.82, 2.24) is 4.90 Å². The number of morpholine rings is 1. The minimum Gasteiger partial charge on any atom is -0.360 e. The van der Waals surface area contributed by atoms with Crippen LogP contribution in [0, 0.1) is 17.1 Å². The summed E-state index contributed by atoms with van der Waals surface area (Å²) < 4.78 is 18.5. The van der Waals surface area contributed by atoms with E-state index in [2.05, 4.69) is 5.32 Å². The quantitative estimate of drug-likeness (QED) is 0.821. The van der Waals surface area contributed by atoms with Gasteiger partial charge in [0.05, 0.1) is 24.9 Å². The summed E-state index contributed by atoms with van der Waals surface area (Å²) in [5, 5.41) is 11.2. The second kappa shape index (κ2) is 5.47. The summed E-state index contributed by atoms with van der Waals surface area (Å²) in [6.45, 7) is 0.887. The molecule has 1 aliphatic rings. The van der Waals surface area contributed by atoms with Gasteiger partial charge < -0.3 is 15.0 Å². The van der Waals surface area contributed by atoms with Crippen LogP contribution in [0.3, 0.4) is 0 Å². The van der Waals surface area contributed by atoms with Crippen LogP contribution < -0.4 is 5.32 Å². The number of nitrogens with one attached hydrogen (secondary N) is 1. The summed E-state index contributed by atoms with van der Waals surface area (Å²) in [6.07, 6.45) is -0.620. The van der Waals surface area contributed by atoms with Crippen LogP contribution in [0.25, 0.3) is 0 Å². The zero-order valence-electron chi connectivity index (χ0n) is 9.60.